The zero-order chi connectivity index (χ0) is 16.8. The summed E-state index contributed by atoms with van der Waals surface area (Å²) in [4.78, 5) is 19.5. The number of aromatic nitrogens is 1. The Morgan fingerprint density at radius 1 is 1.29 bits per heavy atom. The highest BCUT2D eigenvalue weighted by atomic mass is 16.3. The van der Waals surface area contributed by atoms with E-state index >= 15 is 0 Å². The maximum Gasteiger partial charge on any atom is 0.254 e. The number of carbonyl (C=O) groups excluding carboxylic acids is 1. The van der Waals surface area contributed by atoms with E-state index in [9.17, 15) is 9.90 Å². The lowest BCUT2D eigenvalue weighted by Crippen LogP contribution is -2.35. The molecule has 4 nitrogen and oxygen atoms in total. The van der Waals surface area contributed by atoms with Gasteiger partial charge in [-0.05, 0) is 56.7 Å². The first-order valence-electron chi connectivity index (χ1n) is 8.88. The Bertz CT molecular complexity index is 794. The van der Waals surface area contributed by atoms with Crippen molar-refractivity contribution in [3.8, 4) is 0 Å². The third kappa shape index (κ3) is 3.03. The number of rotatable bonds is 5. The van der Waals surface area contributed by atoms with Crippen molar-refractivity contribution in [1.29, 1.82) is 0 Å². The fourth-order valence-electron chi connectivity index (χ4n) is 3.32. The van der Waals surface area contributed by atoms with Crippen LogP contribution < -0.4 is 0 Å². The van der Waals surface area contributed by atoms with Gasteiger partial charge in [0, 0.05) is 30.6 Å². The summed E-state index contributed by atoms with van der Waals surface area (Å²) >= 11 is 0. The Kier molecular flexibility index (Phi) is 3.80. The van der Waals surface area contributed by atoms with Gasteiger partial charge < -0.3 is 10.0 Å². The molecule has 2 saturated carbocycles. The molecule has 24 heavy (non-hydrogen) atoms. The van der Waals surface area contributed by atoms with Crippen molar-refractivity contribution in [3.05, 3.63) is 41.1 Å². The van der Waals surface area contributed by atoms with E-state index in [1.165, 1.54) is 0 Å². The van der Waals surface area contributed by atoms with E-state index in [1.807, 2.05) is 31.2 Å². The fourth-order valence-corrected chi connectivity index (χ4v) is 3.32. The van der Waals surface area contributed by atoms with Crippen LogP contribution in [0.3, 0.4) is 0 Å². The minimum absolute atomic E-state index is 0.0189. The lowest BCUT2D eigenvalue weighted by atomic mass is 10.0. The van der Waals surface area contributed by atoms with Crippen molar-refractivity contribution in [1.82, 2.24) is 9.88 Å². The van der Waals surface area contributed by atoms with Gasteiger partial charge in [-0.25, -0.2) is 0 Å². The van der Waals surface area contributed by atoms with Gasteiger partial charge >= 0.3 is 0 Å². The number of aryl methyl sites for hydroxylation is 1. The molecule has 2 aliphatic rings. The molecule has 0 spiro atoms. The van der Waals surface area contributed by atoms with Gasteiger partial charge in [0.15, 0.2) is 0 Å². The second-order valence-electron chi connectivity index (χ2n) is 7.48. The molecule has 1 N–H and O–H groups in total. The first-order chi connectivity index (χ1) is 11.5. The third-order valence-corrected chi connectivity index (χ3v) is 5.18. The fraction of sp³-hybridized carbons (Fsp3) is 0.500. The van der Waals surface area contributed by atoms with Crippen molar-refractivity contribution >= 4 is 16.8 Å². The van der Waals surface area contributed by atoms with Crippen LogP contribution >= 0.6 is 0 Å². The van der Waals surface area contributed by atoms with E-state index in [4.69, 9.17) is 4.98 Å². The van der Waals surface area contributed by atoms with Gasteiger partial charge in [-0.15, -0.1) is 0 Å². The maximum absolute atomic E-state index is 13.0. The monoisotopic (exact) mass is 324 g/mol. The second-order valence-corrected chi connectivity index (χ2v) is 7.48. The smallest absolute Gasteiger partial charge is 0.254 e. The average molecular weight is 324 g/mol. The predicted molar refractivity (Wildman–Crippen MR) is 94.1 cm³/mol. The summed E-state index contributed by atoms with van der Waals surface area (Å²) in [6.07, 6.45) is 4.07. The minimum atomic E-state index is -0.406. The lowest BCUT2D eigenvalue weighted by molar-refractivity contribution is 0.0647. The Balaban J connectivity index is 1.70. The highest BCUT2D eigenvalue weighted by molar-refractivity contribution is 6.06. The number of pyridine rings is 1. The number of fused-ring (bicyclic) bond motifs is 1. The number of aliphatic hydroxyl groups excluding tert-OH is 1. The number of hydrogen-bond acceptors (Lipinski definition) is 3. The zero-order valence-corrected chi connectivity index (χ0v) is 14.3. The molecule has 1 aromatic heterocycles. The molecular formula is C20H24N2O2. The van der Waals surface area contributed by atoms with Crippen LogP contribution in [0.15, 0.2) is 24.3 Å². The molecule has 0 bridgehead atoms. The third-order valence-electron chi connectivity index (χ3n) is 5.18. The van der Waals surface area contributed by atoms with E-state index in [-0.39, 0.29) is 5.91 Å². The number of aliphatic hydroxyl groups is 1. The summed E-state index contributed by atoms with van der Waals surface area (Å²) in [7, 11) is 1.78. The van der Waals surface area contributed by atoms with Crippen LogP contribution in [-0.4, -0.2) is 40.6 Å². The SMILES string of the molecule is Cc1ccc2nc(C3CC3)cc(C(=O)N(C)C[C@H](O)C3CC3)c2c1. The standard InChI is InChI=1S/C20H24N2O2/c1-12-3-8-17-15(9-12)16(10-18(21-17)13-4-5-13)20(24)22(2)11-19(23)14-6-7-14/h3,8-10,13-14,19,23H,4-7,11H2,1-2H3/t19-/m0/s1. The summed E-state index contributed by atoms with van der Waals surface area (Å²) in [6, 6.07) is 8.06. The summed E-state index contributed by atoms with van der Waals surface area (Å²) in [5.74, 6) is 0.859. The molecule has 4 heteroatoms. The number of hydrogen-bond donors (Lipinski definition) is 1. The van der Waals surface area contributed by atoms with Crippen LogP contribution in [0.25, 0.3) is 10.9 Å². The normalized spacial score (nSPS) is 18.6. The number of carbonyl (C=O) groups is 1. The van der Waals surface area contributed by atoms with Crippen LogP contribution in [0, 0.1) is 12.8 Å². The summed E-state index contributed by atoms with van der Waals surface area (Å²) in [5, 5.41) is 11.1. The molecule has 0 unspecified atom stereocenters. The van der Waals surface area contributed by atoms with Gasteiger partial charge in [0.2, 0.25) is 0 Å². The molecule has 126 valence electrons. The summed E-state index contributed by atoms with van der Waals surface area (Å²) in [6.45, 7) is 2.43. The highest BCUT2D eigenvalue weighted by Gasteiger charge is 2.32. The Morgan fingerprint density at radius 2 is 2.04 bits per heavy atom. The number of benzene rings is 1. The van der Waals surface area contributed by atoms with E-state index in [2.05, 4.69) is 0 Å². The van der Waals surface area contributed by atoms with Crippen molar-refractivity contribution in [2.45, 2.75) is 44.6 Å². The minimum Gasteiger partial charge on any atom is -0.391 e. The quantitative estimate of drug-likeness (QED) is 0.918. The van der Waals surface area contributed by atoms with Crippen LogP contribution in [0.4, 0.5) is 0 Å². The molecule has 2 aromatic rings. The highest BCUT2D eigenvalue weighted by Crippen LogP contribution is 2.40. The van der Waals surface area contributed by atoms with Gasteiger partial charge in [-0.3, -0.25) is 9.78 Å². The summed E-state index contributed by atoms with van der Waals surface area (Å²) in [5.41, 5.74) is 3.77. The van der Waals surface area contributed by atoms with Crippen molar-refractivity contribution in [2.24, 2.45) is 5.92 Å². The van der Waals surface area contributed by atoms with Gasteiger partial charge in [0.05, 0.1) is 17.2 Å². The zero-order valence-electron chi connectivity index (χ0n) is 14.3. The van der Waals surface area contributed by atoms with Gasteiger partial charge in [-0.1, -0.05) is 11.6 Å². The molecule has 1 atom stereocenters. The maximum atomic E-state index is 13.0. The average Bonchev–Trinajstić information content (AvgIpc) is 3.45. The molecule has 2 aliphatic carbocycles. The van der Waals surface area contributed by atoms with Crippen LogP contribution in [0.1, 0.15) is 53.2 Å². The first-order valence-corrected chi connectivity index (χ1v) is 8.88. The molecule has 1 aromatic carbocycles. The van der Waals surface area contributed by atoms with Gasteiger partial charge in [0.1, 0.15) is 0 Å². The predicted octanol–water partition coefficient (Wildman–Crippen LogP) is 3.26. The second kappa shape index (κ2) is 5.85. The van der Waals surface area contributed by atoms with Crippen LogP contribution in [0.5, 0.6) is 0 Å². The molecule has 1 amide bonds. The Hall–Kier alpha value is -1.94. The Morgan fingerprint density at radius 3 is 2.71 bits per heavy atom. The van der Waals surface area contributed by atoms with E-state index in [1.54, 1.807) is 11.9 Å². The Labute approximate surface area is 142 Å². The molecule has 0 aliphatic heterocycles. The van der Waals surface area contributed by atoms with Crippen molar-refractivity contribution in [3.63, 3.8) is 0 Å². The number of likely N-dealkylation sites (N-methyl/N-ethyl adjacent to an activating group) is 1. The van der Waals surface area contributed by atoms with E-state index in [0.717, 1.165) is 53.4 Å². The topological polar surface area (TPSA) is 53.4 Å². The van der Waals surface area contributed by atoms with Gasteiger partial charge in [-0.2, -0.15) is 0 Å². The molecule has 0 radical (unpaired) electrons. The van der Waals surface area contributed by atoms with E-state index in [0.29, 0.717) is 18.4 Å². The first kappa shape index (κ1) is 15.6. The van der Waals surface area contributed by atoms with Crippen molar-refractivity contribution in [2.75, 3.05) is 13.6 Å². The molecule has 2 fully saturated rings. The van der Waals surface area contributed by atoms with Crippen LogP contribution in [-0.2, 0) is 0 Å². The molecule has 1 heterocycles. The molecule has 0 saturated heterocycles. The number of amides is 1. The van der Waals surface area contributed by atoms with E-state index < -0.39 is 6.10 Å². The molecule has 4 rings (SSSR count). The van der Waals surface area contributed by atoms with Crippen molar-refractivity contribution < 1.29 is 9.90 Å². The lowest BCUT2D eigenvalue weighted by Gasteiger charge is -2.22. The largest absolute Gasteiger partial charge is 0.391 e. The summed E-state index contributed by atoms with van der Waals surface area (Å²) < 4.78 is 0. The van der Waals surface area contributed by atoms with Crippen LogP contribution in [0.2, 0.25) is 0 Å². The molecular weight excluding hydrogens is 300 g/mol. The van der Waals surface area contributed by atoms with Gasteiger partial charge in [0.25, 0.3) is 5.91 Å². The number of nitrogens with zero attached hydrogens (tertiary/aromatic N) is 2.